The first-order chi connectivity index (χ1) is 13.4. The minimum absolute atomic E-state index is 0. The van der Waals surface area contributed by atoms with Crippen LogP contribution in [0.15, 0.2) is 29.3 Å². The smallest absolute Gasteiger partial charge is 0.225 e. The van der Waals surface area contributed by atoms with Gasteiger partial charge in [-0.05, 0) is 31.7 Å². The molecule has 1 saturated heterocycles. The molecule has 0 bridgehead atoms. The van der Waals surface area contributed by atoms with Crippen LogP contribution in [-0.4, -0.2) is 49.5 Å². The summed E-state index contributed by atoms with van der Waals surface area (Å²) in [6.07, 6.45) is 5.55. The number of guanidine groups is 1. The van der Waals surface area contributed by atoms with Crippen molar-refractivity contribution in [1.29, 1.82) is 0 Å². The van der Waals surface area contributed by atoms with Crippen LogP contribution >= 0.6 is 24.0 Å². The van der Waals surface area contributed by atoms with Crippen LogP contribution < -0.4 is 10.6 Å². The van der Waals surface area contributed by atoms with E-state index in [1.54, 1.807) is 0 Å². The molecule has 1 aliphatic heterocycles. The van der Waals surface area contributed by atoms with Crippen LogP contribution in [0.2, 0.25) is 0 Å². The number of hydrogen-bond acceptors (Lipinski definition) is 2. The van der Waals surface area contributed by atoms with Crippen LogP contribution in [0.25, 0.3) is 0 Å². The summed E-state index contributed by atoms with van der Waals surface area (Å²) in [5, 5.41) is 7.01. The number of halogens is 1. The molecule has 1 aromatic carbocycles. The molecule has 162 valence electrons. The molecule has 1 atom stereocenters. The standard InChI is InChI=1S/C23H36N4O.HI/c1-17-8-7-11-19(14-17)23(2,3)16-25-22(24-4)26-20-12-13-27(15-20)21(28)18-9-5-6-10-18;/h7-8,11,14,18,20H,5-6,9-10,12-13,15-16H2,1-4H3,(H2,24,25,26);1H. The minimum atomic E-state index is 0. The number of hydrogen-bond donors (Lipinski definition) is 2. The van der Waals surface area contributed by atoms with Gasteiger partial charge >= 0.3 is 0 Å². The van der Waals surface area contributed by atoms with Crippen LogP contribution in [-0.2, 0) is 10.2 Å². The van der Waals surface area contributed by atoms with E-state index in [1.165, 1.54) is 24.0 Å². The van der Waals surface area contributed by atoms with Crippen molar-refractivity contribution in [3.05, 3.63) is 35.4 Å². The summed E-state index contributed by atoms with van der Waals surface area (Å²) >= 11 is 0. The predicted octanol–water partition coefficient (Wildman–Crippen LogP) is 3.85. The first-order valence-electron chi connectivity index (χ1n) is 10.7. The molecule has 1 amide bonds. The predicted molar refractivity (Wildman–Crippen MR) is 131 cm³/mol. The van der Waals surface area contributed by atoms with Gasteiger partial charge < -0.3 is 15.5 Å². The van der Waals surface area contributed by atoms with Crippen molar-refractivity contribution in [3.63, 3.8) is 0 Å². The maximum Gasteiger partial charge on any atom is 0.225 e. The number of likely N-dealkylation sites (tertiary alicyclic amines) is 1. The second-order valence-electron chi connectivity index (χ2n) is 9.07. The monoisotopic (exact) mass is 512 g/mol. The Hall–Kier alpha value is -1.31. The molecule has 1 heterocycles. The molecule has 2 fully saturated rings. The van der Waals surface area contributed by atoms with Crippen molar-refractivity contribution in [2.45, 2.75) is 64.3 Å². The summed E-state index contributed by atoms with van der Waals surface area (Å²) in [6.45, 7) is 9.08. The van der Waals surface area contributed by atoms with E-state index in [2.05, 4.69) is 65.6 Å². The molecule has 6 heteroatoms. The number of carbonyl (C=O) groups is 1. The molecule has 0 radical (unpaired) electrons. The Balaban J connectivity index is 0.00000300. The molecule has 3 rings (SSSR count). The Kier molecular flexibility index (Phi) is 8.79. The van der Waals surface area contributed by atoms with Gasteiger partial charge in [-0.15, -0.1) is 24.0 Å². The summed E-state index contributed by atoms with van der Waals surface area (Å²) in [5.41, 5.74) is 2.61. The van der Waals surface area contributed by atoms with Gasteiger partial charge in [-0.3, -0.25) is 9.79 Å². The zero-order chi connectivity index (χ0) is 20.1. The van der Waals surface area contributed by atoms with Gasteiger partial charge in [0.15, 0.2) is 5.96 Å². The zero-order valence-electron chi connectivity index (χ0n) is 18.3. The highest BCUT2D eigenvalue weighted by Gasteiger charge is 2.32. The second-order valence-corrected chi connectivity index (χ2v) is 9.07. The largest absolute Gasteiger partial charge is 0.356 e. The molecule has 2 N–H and O–H groups in total. The van der Waals surface area contributed by atoms with Crippen molar-refractivity contribution < 1.29 is 4.79 Å². The molecule has 1 unspecified atom stereocenters. The number of nitrogens with one attached hydrogen (secondary N) is 2. The molecule has 1 aromatic rings. The van der Waals surface area contributed by atoms with Crippen molar-refractivity contribution >= 4 is 35.8 Å². The van der Waals surface area contributed by atoms with Gasteiger partial charge in [0.2, 0.25) is 5.91 Å². The van der Waals surface area contributed by atoms with Gasteiger partial charge in [0.1, 0.15) is 0 Å². The van der Waals surface area contributed by atoms with Gasteiger partial charge in [0.05, 0.1) is 0 Å². The Morgan fingerprint density at radius 2 is 1.97 bits per heavy atom. The molecule has 2 aliphatic rings. The van der Waals surface area contributed by atoms with E-state index in [0.29, 0.717) is 5.91 Å². The lowest BCUT2D eigenvalue weighted by atomic mass is 9.84. The van der Waals surface area contributed by atoms with Crippen LogP contribution in [0.3, 0.4) is 0 Å². The van der Waals surface area contributed by atoms with E-state index >= 15 is 0 Å². The molecule has 0 spiro atoms. The molecule has 29 heavy (non-hydrogen) atoms. The van der Waals surface area contributed by atoms with Gasteiger partial charge in [0.25, 0.3) is 0 Å². The van der Waals surface area contributed by atoms with Crippen LogP contribution in [0.4, 0.5) is 0 Å². The van der Waals surface area contributed by atoms with E-state index in [-0.39, 0.29) is 41.4 Å². The Bertz CT molecular complexity index is 713. The number of benzene rings is 1. The fourth-order valence-electron chi connectivity index (χ4n) is 4.37. The average Bonchev–Trinajstić information content (AvgIpc) is 3.36. The third-order valence-corrected chi connectivity index (χ3v) is 6.27. The first-order valence-corrected chi connectivity index (χ1v) is 10.7. The number of amides is 1. The van der Waals surface area contributed by atoms with Crippen molar-refractivity contribution in [3.8, 4) is 0 Å². The van der Waals surface area contributed by atoms with E-state index < -0.39 is 0 Å². The SMILES string of the molecule is CN=C(NCC(C)(C)c1cccc(C)c1)NC1CCN(C(=O)C2CCCC2)C1.I. The number of carbonyl (C=O) groups excluding carboxylic acids is 1. The zero-order valence-corrected chi connectivity index (χ0v) is 20.7. The minimum Gasteiger partial charge on any atom is -0.356 e. The van der Waals surface area contributed by atoms with E-state index in [1.807, 2.05) is 7.05 Å². The lowest BCUT2D eigenvalue weighted by Gasteiger charge is -2.28. The summed E-state index contributed by atoms with van der Waals surface area (Å²) in [6, 6.07) is 8.97. The normalized spacial score (nSPS) is 20.5. The average molecular weight is 512 g/mol. The maximum atomic E-state index is 12.6. The van der Waals surface area contributed by atoms with Crippen LogP contribution in [0.1, 0.15) is 57.1 Å². The van der Waals surface area contributed by atoms with Crippen molar-refractivity contribution in [1.82, 2.24) is 15.5 Å². The molecular weight excluding hydrogens is 475 g/mol. The van der Waals surface area contributed by atoms with Crippen molar-refractivity contribution in [2.24, 2.45) is 10.9 Å². The number of aliphatic imine (C=N–C) groups is 1. The molecule has 0 aromatic heterocycles. The molecule has 5 nitrogen and oxygen atoms in total. The molecule has 1 saturated carbocycles. The third kappa shape index (κ3) is 6.33. The highest BCUT2D eigenvalue weighted by Crippen LogP contribution is 2.28. The number of rotatable bonds is 5. The fourth-order valence-corrected chi connectivity index (χ4v) is 4.37. The molecule has 1 aliphatic carbocycles. The maximum absolute atomic E-state index is 12.6. The third-order valence-electron chi connectivity index (χ3n) is 6.27. The fraction of sp³-hybridized carbons (Fsp3) is 0.652. The number of aryl methyl sites for hydroxylation is 1. The van der Waals surface area contributed by atoms with Gasteiger partial charge in [-0.2, -0.15) is 0 Å². The first kappa shape index (κ1) is 24.0. The lowest BCUT2D eigenvalue weighted by molar-refractivity contribution is -0.134. The Labute approximate surface area is 193 Å². The van der Waals surface area contributed by atoms with Crippen molar-refractivity contribution in [2.75, 3.05) is 26.7 Å². The lowest BCUT2D eigenvalue weighted by Crippen LogP contribution is -2.48. The quantitative estimate of drug-likeness (QED) is 0.358. The van der Waals surface area contributed by atoms with E-state index in [4.69, 9.17) is 0 Å². The van der Waals surface area contributed by atoms with Gasteiger partial charge in [-0.25, -0.2) is 0 Å². The van der Waals surface area contributed by atoms with E-state index in [0.717, 1.165) is 44.9 Å². The van der Waals surface area contributed by atoms with Gasteiger partial charge in [-0.1, -0.05) is 56.5 Å². The Morgan fingerprint density at radius 3 is 2.62 bits per heavy atom. The number of nitrogens with zero attached hydrogens (tertiary/aromatic N) is 2. The van der Waals surface area contributed by atoms with Gasteiger partial charge in [0, 0.05) is 44.1 Å². The highest BCUT2D eigenvalue weighted by atomic mass is 127. The van der Waals surface area contributed by atoms with E-state index in [9.17, 15) is 4.79 Å². The summed E-state index contributed by atoms with van der Waals surface area (Å²) in [5.74, 6) is 1.46. The topological polar surface area (TPSA) is 56.7 Å². The summed E-state index contributed by atoms with van der Waals surface area (Å²) in [4.78, 5) is 19.1. The summed E-state index contributed by atoms with van der Waals surface area (Å²) < 4.78 is 0. The highest BCUT2D eigenvalue weighted by molar-refractivity contribution is 14.0. The second kappa shape index (κ2) is 10.6. The summed E-state index contributed by atoms with van der Waals surface area (Å²) in [7, 11) is 1.81. The van der Waals surface area contributed by atoms with Crippen LogP contribution in [0.5, 0.6) is 0 Å². The van der Waals surface area contributed by atoms with Crippen LogP contribution in [0, 0.1) is 12.8 Å². The molecular formula is C23H37IN4O. The Morgan fingerprint density at radius 1 is 1.24 bits per heavy atom.